The summed E-state index contributed by atoms with van der Waals surface area (Å²) in [6, 6.07) is 0. The van der Waals surface area contributed by atoms with Crippen molar-refractivity contribution in [3.05, 3.63) is 0 Å². The molecule has 2 N–H and O–H groups in total. The van der Waals surface area contributed by atoms with Gasteiger partial charge in [-0.05, 0) is 0 Å². The van der Waals surface area contributed by atoms with E-state index in [9.17, 15) is 8.76 Å². The minimum Gasteiger partial charge on any atom is -0.760 e. The Morgan fingerprint density at radius 3 is 2.57 bits per heavy atom. The van der Waals surface area contributed by atoms with E-state index in [-0.39, 0.29) is 13.2 Å². The molecule has 0 amide bonds. The van der Waals surface area contributed by atoms with E-state index in [2.05, 4.69) is 0 Å². The van der Waals surface area contributed by atoms with Crippen LogP contribution >= 0.6 is 0 Å². The third-order valence-electron chi connectivity index (χ3n) is 0.332. The minimum atomic E-state index is -2.23. The summed E-state index contributed by atoms with van der Waals surface area (Å²) in [6.45, 7) is -0.0654. The van der Waals surface area contributed by atoms with Crippen LogP contribution in [0, 0.1) is 0 Å². The predicted octanol–water partition coefficient (Wildman–Crippen LogP) is -1.64. The van der Waals surface area contributed by atoms with E-state index >= 15 is 0 Å². The Morgan fingerprint density at radius 1 is 1.86 bits per heavy atom. The molecule has 0 rings (SSSR count). The van der Waals surface area contributed by atoms with Gasteiger partial charge in [0.15, 0.2) is 0 Å². The fourth-order valence-corrected chi connectivity index (χ4v) is 0.387. The third kappa shape index (κ3) is 6.03. The molecule has 0 spiro atoms. The molecule has 0 saturated heterocycles. The van der Waals surface area contributed by atoms with E-state index in [1.807, 2.05) is 4.72 Å². The molecule has 7 heavy (non-hydrogen) atoms. The Morgan fingerprint density at radius 2 is 2.43 bits per heavy atom. The summed E-state index contributed by atoms with van der Waals surface area (Å²) in [5, 5.41) is 7.98. The summed E-state index contributed by atoms with van der Waals surface area (Å²) in [6.07, 6.45) is 0. The second-order valence-electron chi connectivity index (χ2n) is 0.853. The maximum atomic E-state index is 9.54. The predicted molar refractivity (Wildman–Crippen MR) is 24.0 cm³/mol. The first-order valence-corrected chi connectivity index (χ1v) is 2.78. The number of nitrogens with one attached hydrogen (secondary N) is 1. The zero-order valence-corrected chi connectivity index (χ0v) is 4.40. The second kappa shape index (κ2) is 4.20. The van der Waals surface area contributed by atoms with Crippen LogP contribution in [0.5, 0.6) is 0 Å². The molecule has 44 valence electrons. The Hall–Kier alpha value is 0.0300. The molecule has 0 aromatic rings. The molecule has 0 saturated carbocycles. The number of rotatable bonds is 3. The highest BCUT2D eigenvalue weighted by atomic mass is 32.2. The van der Waals surface area contributed by atoms with E-state index in [1.54, 1.807) is 0 Å². The Bertz CT molecular complexity index is 66.0. The van der Waals surface area contributed by atoms with Crippen molar-refractivity contribution in [1.29, 1.82) is 0 Å². The smallest absolute Gasteiger partial charge is 0.0565 e. The molecular weight excluding hydrogens is 118 g/mol. The summed E-state index contributed by atoms with van der Waals surface area (Å²) in [4.78, 5) is 0. The van der Waals surface area contributed by atoms with Crippen molar-refractivity contribution >= 4 is 11.3 Å². The normalized spacial score (nSPS) is 14.0. The Kier molecular flexibility index (Phi) is 4.21. The van der Waals surface area contributed by atoms with Gasteiger partial charge in [-0.1, -0.05) is 0 Å². The van der Waals surface area contributed by atoms with Gasteiger partial charge in [0.1, 0.15) is 0 Å². The molecule has 0 aliphatic carbocycles. The van der Waals surface area contributed by atoms with Gasteiger partial charge in [-0.25, -0.2) is 4.72 Å². The largest absolute Gasteiger partial charge is 0.760 e. The lowest BCUT2D eigenvalue weighted by Crippen LogP contribution is -2.19. The van der Waals surface area contributed by atoms with Crippen molar-refractivity contribution in [2.45, 2.75) is 0 Å². The van der Waals surface area contributed by atoms with Gasteiger partial charge in [0.2, 0.25) is 0 Å². The maximum Gasteiger partial charge on any atom is 0.0565 e. The first-order valence-electron chi connectivity index (χ1n) is 1.71. The molecule has 0 bridgehead atoms. The lowest BCUT2D eigenvalue weighted by atomic mass is 10.8. The fraction of sp³-hybridized carbons (Fsp3) is 1.00. The Labute approximate surface area is 44.0 Å². The van der Waals surface area contributed by atoms with Crippen LogP contribution in [0.15, 0.2) is 0 Å². The van der Waals surface area contributed by atoms with E-state index in [0.717, 1.165) is 0 Å². The van der Waals surface area contributed by atoms with Crippen molar-refractivity contribution < 1.29 is 13.9 Å². The second-order valence-corrected chi connectivity index (χ2v) is 1.61. The lowest BCUT2D eigenvalue weighted by molar-refractivity contribution is 0.300. The summed E-state index contributed by atoms with van der Waals surface area (Å²) in [5.74, 6) is 0. The quantitative estimate of drug-likeness (QED) is 0.443. The fourth-order valence-electron chi connectivity index (χ4n) is 0.129. The first kappa shape index (κ1) is 7.03. The molecule has 0 aliphatic rings. The van der Waals surface area contributed by atoms with Gasteiger partial charge in [0, 0.05) is 17.8 Å². The average molecular weight is 124 g/mol. The number of hydrogen-bond acceptors (Lipinski definition) is 3. The average Bonchev–Trinajstić information content (AvgIpc) is 1.61. The highest BCUT2D eigenvalue weighted by molar-refractivity contribution is 7.77. The number of aliphatic hydroxyl groups excluding tert-OH is 1. The van der Waals surface area contributed by atoms with Crippen molar-refractivity contribution in [1.82, 2.24) is 4.72 Å². The van der Waals surface area contributed by atoms with Crippen molar-refractivity contribution in [3.63, 3.8) is 0 Å². The molecule has 0 aromatic carbocycles. The van der Waals surface area contributed by atoms with E-state index in [0.29, 0.717) is 0 Å². The first-order chi connectivity index (χ1) is 3.27. The Balaban J connectivity index is 2.82. The van der Waals surface area contributed by atoms with Crippen LogP contribution in [0.4, 0.5) is 0 Å². The van der Waals surface area contributed by atoms with Crippen LogP contribution in [0.25, 0.3) is 0 Å². The molecule has 0 heterocycles. The van der Waals surface area contributed by atoms with Gasteiger partial charge < -0.3 is 9.66 Å². The highest BCUT2D eigenvalue weighted by Crippen LogP contribution is 1.58. The van der Waals surface area contributed by atoms with E-state index in [1.165, 1.54) is 0 Å². The molecule has 1 unspecified atom stereocenters. The van der Waals surface area contributed by atoms with Gasteiger partial charge in [0.25, 0.3) is 0 Å². The monoisotopic (exact) mass is 124 g/mol. The van der Waals surface area contributed by atoms with Gasteiger partial charge in [-0.15, -0.1) is 0 Å². The van der Waals surface area contributed by atoms with Crippen molar-refractivity contribution in [2.75, 3.05) is 13.2 Å². The standard InChI is InChI=1S/C2H7NO3S/c4-2-1-3-7(5)6/h3-4H,1-2H2,(H,5,6)/p-1. The van der Waals surface area contributed by atoms with Crippen LogP contribution in [0.2, 0.25) is 0 Å². The van der Waals surface area contributed by atoms with Crippen LogP contribution in [0.3, 0.4) is 0 Å². The summed E-state index contributed by atoms with van der Waals surface area (Å²) < 4.78 is 21.0. The zero-order chi connectivity index (χ0) is 5.70. The number of hydrogen-bond donors (Lipinski definition) is 2. The molecule has 0 fully saturated rings. The van der Waals surface area contributed by atoms with Gasteiger partial charge in [-0.3, -0.25) is 4.21 Å². The van der Waals surface area contributed by atoms with Gasteiger partial charge in [0.05, 0.1) is 6.61 Å². The van der Waals surface area contributed by atoms with E-state index in [4.69, 9.17) is 5.11 Å². The summed E-state index contributed by atoms with van der Waals surface area (Å²) >= 11 is -2.23. The van der Waals surface area contributed by atoms with Crippen LogP contribution in [0.1, 0.15) is 0 Å². The highest BCUT2D eigenvalue weighted by Gasteiger charge is 1.76. The SMILES string of the molecule is O=S([O-])NCCO. The number of aliphatic hydroxyl groups is 1. The molecule has 5 heteroatoms. The van der Waals surface area contributed by atoms with Gasteiger partial charge in [-0.2, -0.15) is 0 Å². The minimum absolute atomic E-state index is 0.0934. The van der Waals surface area contributed by atoms with Crippen LogP contribution < -0.4 is 4.72 Å². The molecule has 1 atom stereocenters. The lowest BCUT2D eigenvalue weighted by Gasteiger charge is -2.02. The molecular formula is C2H6NO3S-. The molecule has 0 aliphatic heterocycles. The molecule has 0 aromatic heterocycles. The topological polar surface area (TPSA) is 72.4 Å². The third-order valence-corrected chi connectivity index (χ3v) is 0.772. The van der Waals surface area contributed by atoms with Gasteiger partial charge >= 0.3 is 0 Å². The van der Waals surface area contributed by atoms with Crippen molar-refractivity contribution in [2.24, 2.45) is 0 Å². The molecule has 0 radical (unpaired) electrons. The van der Waals surface area contributed by atoms with Crippen LogP contribution in [-0.2, 0) is 11.3 Å². The van der Waals surface area contributed by atoms with E-state index < -0.39 is 11.3 Å². The van der Waals surface area contributed by atoms with Crippen LogP contribution in [-0.4, -0.2) is 27.0 Å². The maximum absolute atomic E-state index is 9.54. The summed E-state index contributed by atoms with van der Waals surface area (Å²) in [7, 11) is 0. The van der Waals surface area contributed by atoms with Crippen molar-refractivity contribution in [3.8, 4) is 0 Å². The zero-order valence-electron chi connectivity index (χ0n) is 3.59. The molecule has 4 nitrogen and oxygen atoms in total. The summed E-state index contributed by atoms with van der Waals surface area (Å²) in [5.41, 5.74) is 0.